The summed E-state index contributed by atoms with van der Waals surface area (Å²) in [6, 6.07) is 0.152. The second-order valence-electron chi connectivity index (χ2n) is 2.46. The quantitative estimate of drug-likeness (QED) is 0.584. The fourth-order valence-electron chi connectivity index (χ4n) is 1.11. The molecule has 60 valence electrons. The summed E-state index contributed by atoms with van der Waals surface area (Å²) in [7, 11) is 0. The van der Waals surface area contributed by atoms with Crippen LogP contribution in [0.15, 0.2) is 20.7 Å². The lowest BCUT2D eigenvalue weighted by atomic mass is 10.2. The highest BCUT2D eigenvalue weighted by molar-refractivity contribution is 4.81. The summed E-state index contributed by atoms with van der Waals surface area (Å²) in [6.07, 6.45) is -0.171. The molecule has 2 heterocycles. The molecule has 0 unspecified atom stereocenters. The average molecular weight is 155 g/mol. The Kier molecular flexibility index (Phi) is 1.87. The third-order valence-electron chi connectivity index (χ3n) is 1.69. The average Bonchev–Trinajstić information content (AvgIpc) is 2.58. The SMILES string of the molecule is C1COC[C@@H](C2N=NN=N2)N1. The third kappa shape index (κ3) is 1.41. The van der Waals surface area contributed by atoms with Gasteiger partial charge in [0.05, 0.1) is 19.3 Å². The molecule has 1 N–H and O–H groups in total. The predicted molar refractivity (Wildman–Crippen MR) is 36.1 cm³/mol. The highest BCUT2D eigenvalue weighted by Gasteiger charge is 2.25. The summed E-state index contributed by atoms with van der Waals surface area (Å²) >= 11 is 0. The molecule has 2 rings (SSSR count). The first-order valence-corrected chi connectivity index (χ1v) is 3.58. The van der Waals surface area contributed by atoms with Crippen molar-refractivity contribution in [1.29, 1.82) is 0 Å². The van der Waals surface area contributed by atoms with Crippen LogP contribution in [0.5, 0.6) is 0 Å². The van der Waals surface area contributed by atoms with Crippen molar-refractivity contribution in [1.82, 2.24) is 5.32 Å². The molecule has 0 aromatic rings. The minimum absolute atomic E-state index is 0.152. The lowest BCUT2D eigenvalue weighted by molar-refractivity contribution is 0.0694. The number of hydrogen-bond donors (Lipinski definition) is 1. The summed E-state index contributed by atoms with van der Waals surface area (Å²) in [5.74, 6) is 0. The van der Waals surface area contributed by atoms with Gasteiger partial charge in [-0.15, -0.1) is 10.2 Å². The topological polar surface area (TPSA) is 70.7 Å². The van der Waals surface area contributed by atoms with Gasteiger partial charge in [-0.1, -0.05) is 0 Å². The second kappa shape index (κ2) is 3.02. The van der Waals surface area contributed by atoms with E-state index in [2.05, 4.69) is 26.0 Å². The molecule has 0 saturated carbocycles. The fourth-order valence-corrected chi connectivity index (χ4v) is 1.11. The summed E-state index contributed by atoms with van der Waals surface area (Å²) < 4.78 is 5.23. The highest BCUT2D eigenvalue weighted by Crippen LogP contribution is 2.11. The molecule has 1 atom stereocenters. The molecule has 1 saturated heterocycles. The molecule has 2 aliphatic heterocycles. The smallest absolute Gasteiger partial charge is 0.202 e. The van der Waals surface area contributed by atoms with Crippen molar-refractivity contribution in [2.75, 3.05) is 19.8 Å². The maximum Gasteiger partial charge on any atom is 0.202 e. The monoisotopic (exact) mass is 155 g/mol. The summed E-state index contributed by atoms with van der Waals surface area (Å²) in [5, 5.41) is 17.7. The molecule has 0 spiro atoms. The summed E-state index contributed by atoms with van der Waals surface area (Å²) in [6.45, 7) is 2.26. The molecule has 6 nitrogen and oxygen atoms in total. The van der Waals surface area contributed by atoms with Gasteiger partial charge in [0.2, 0.25) is 6.17 Å². The van der Waals surface area contributed by atoms with E-state index in [1.165, 1.54) is 0 Å². The van der Waals surface area contributed by atoms with E-state index < -0.39 is 0 Å². The van der Waals surface area contributed by atoms with Gasteiger partial charge in [-0.05, 0) is 10.4 Å². The van der Waals surface area contributed by atoms with E-state index in [9.17, 15) is 0 Å². The van der Waals surface area contributed by atoms with Crippen LogP contribution >= 0.6 is 0 Å². The molecule has 6 heteroatoms. The summed E-state index contributed by atoms with van der Waals surface area (Å²) in [5.41, 5.74) is 0. The van der Waals surface area contributed by atoms with Crippen molar-refractivity contribution >= 4 is 0 Å². The first kappa shape index (κ1) is 6.81. The Hall–Kier alpha value is -0.880. The van der Waals surface area contributed by atoms with Gasteiger partial charge in [0.25, 0.3) is 0 Å². The van der Waals surface area contributed by atoms with Crippen LogP contribution in [0.25, 0.3) is 0 Å². The summed E-state index contributed by atoms with van der Waals surface area (Å²) in [4.78, 5) is 0. The fraction of sp³-hybridized carbons (Fsp3) is 1.00. The van der Waals surface area contributed by atoms with E-state index >= 15 is 0 Å². The van der Waals surface area contributed by atoms with E-state index in [1.807, 2.05) is 0 Å². The third-order valence-corrected chi connectivity index (χ3v) is 1.69. The van der Waals surface area contributed by atoms with Crippen molar-refractivity contribution in [3.05, 3.63) is 0 Å². The molecule has 0 amide bonds. The van der Waals surface area contributed by atoms with Crippen LogP contribution in [0.4, 0.5) is 0 Å². The van der Waals surface area contributed by atoms with Gasteiger partial charge in [0.1, 0.15) is 0 Å². The van der Waals surface area contributed by atoms with Crippen molar-refractivity contribution in [3.63, 3.8) is 0 Å². The normalized spacial score (nSPS) is 31.5. The molecular formula is C5H9N5O. The lowest BCUT2D eigenvalue weighted by Gasteiger charge is -2.23. The molecule has 1 fully saturated rings. The van der Waals surface area contributed by atoms with Crippen LogP contribution in [0.2, 0.25) is 0 Å². The Labute approximate surface area is 63.7 Å². The zero-order chi connectivity index (χ0) is 7.52. The van der Waals surface area contributed by atoms with Gasteiger partial charge in [-0.25, -0.2) is 0 Å². The second-order valence-corrected chi connectivity index (χ2v) is 2.46. The molecule has 0 aromatic carbocycles. The van der Waals surface area contributed by atoms with Crippen LogP contribution in [-0.2, 0) is 4.74 Å². The van der Waals surface area contributed by atoms with E-state index in [0.29, 0.717) is 6.61 Å². The number of nitrogens with zero attached hydrogens (tertiary/aromatic N) is 4. The number of hydrogen-bond acceptors (Lipinski definition) is 6. The van der Waals surface area contributed by atoms with Gasteiger partial charge < -0.3 is 10.1 Å². The number of rotatable bonds is 1. The van der Waals surface area contributed by atoms with Crippen molar-refractivity contribution in [3.8, 4) is 0 Å². The Morgan fingerprint density at radius 3 is 2.73 bits per heavy atom. The van der Waals surface area contributed by atoms with Gasteiger partial charge >= 0.3 is 0 Å². The first-order valence-electron chi connectivity index (χ1n) is 3.58. The zero-order valence-corrected chi connectivity index (χ0v) is 5.97. The van der Waals surface area contributed by atoms with Crippen molar-refractivity contribution < 1.29 is 4.74 Å². The van der Waals surface area contributed by atoms with E-state index in [4.69, 9.17) is 4.74 Å². The van der Waals surface area contributed by atoms with E-state index in [1.54, 1.807) is 0 Å². The number of morpholine rings is 1. The lowest BCUT2D eigenvalue weighted by Crippen LogP contribution is -2.46. The van der Waals surface area contributed by atoms with E-state index in [-0.39, 0.29) is 12.2 Å². The Balaban J connectivity index is 1.92. The first-order chi connectivity index (χ1) is 5.47. The van der Waals surface area contributed by atoms with Gasteiger partial charge in [0, 0.05) is 6.54 Å². The molecule has 2 aliphatic rings. The van der Waals surface area contributed by atoms with Crippen LogP contribution in [0.3, 0.4) is 0 Å². The molecule has 0 aliphatic carbocycles. The number of nitrogens with one attached hydrogen (secondary N) is 1. The maximum absolute atomic E-state index is 5.23. The predicted octanol–water partition coefficient (Wildman–Crippen LogP) is 0.134. The van der Waals surface area contributed by atoms with Gasteiger partial charge in [-0.2, -0.15) is 0 Å². The largest absolute Gasteiger partial charge is 0.378 e. The van der Waals surface area contributed by atoms with Crippen LogP contribution in [0, 0.1) is 0 Å². The molecular weight excluding hydrogens is 146 g/mol. The Morgan fingerprint density at radius 2 is 2.09 bits per heavy atom. The Morgan fingerprint density at radius 1 is 1.27 bits per heavy atom. The Bertz CT molecular complexity index is 173. The molecule has 0 bridgehead atoms. The number of ether oxygens (including phenoxy) is 1. The maximum atomic E-state index is 5.23. The van der Waals surface area contributed by atoms with E-state index in [0.717, 1.165) is 13.2 Å². The standard InChI is InChI=1S/C5H9N5O/c1-2-11-3-4(6-1)5-7-9-10-8-5/h4-6H,1-3H2/t4-/m0/s1. The minimum Gasteiger partial charge on any atom is -0.378 e. The van der Waals surface area contributed by atoms with Crippen LogP contribution in [0.1, 0.15) is 0 Å². The molecule has 0 aromatic heterocycles. The van der Waals surface area contributed by atoms with Gasteiger partial charge in [-0.3, -0.25) is 0 Å². The van der Waals surface area contributed by atoms with Crippen LogP contribution in [-0.4, -0.2) is 32.0 Å². The van der Waals surface area contributed by atoms with Gasteiger partial charge in [0.15, 0.2) is 0 Å². The molecule has 0 radical (unpaired) electrons. The van der Waals surface area contributed by atoms with Crippen molar-refractivity contribution in [2.24, 2.45) is 20.7 Å². The molecule has 11 heavy (non-hydrogen) atoms. The van der Waals surface area contributed by atoms with Crippen LogP contribution < -0.4 is 5.32 Å². The highest BCUT2D eigenvalue weighted by atomic mass is 16.5. The minimum atomic E-state index is -0.171. The van der Waals surface area contributed by atoms with Crippen molar-refractivity contribution in [2.45, 2.75) is 12.2 Å². The zero-order valence-electron chi connectivity index (χ0n) is 5.97.